The normalized spacial score (nSPS) is 12.2. The van der Waals surface area contributed by atoms with Gasteiger partial charge in [0.15, 0.2) is 0 Å². The smallest absolute Gasteiger partial charge is 0.305 e. The summed E-state index contributed by atoms with van der Waals surface area (Å²) in [6.45, 7) is 6.26. The Hall–Kier alpha value is -1.65. The van der Waals surface area contributed by atoms with Crippen molar-refractivity contribution in [3.63, 3.8) is 0 Å². The van der Waals surface area contributed by atoms with Gasteiger partial charge >= 0.3 is 4.87 Å². The molecule has 184 valence electrons. The number of aromatic nitrogens is 1. The highest BCUT2D eigenvalue weighted by Gasteiger charge is 2.15. The Balaban J connectivity index is 0.00000272. The summed E-state index contributed by atoms with van der Waals surface area (Å²) in [5.41, 5.74) is 3.46. The number of benzene rings is 2. The van der Waals surface area contributed by atoms with Crippen molar-refractivity contribution < 1.29 is 14.9 Å². The van der Waals surface area contributed by atoms with E-state index in [2.05, 4.69) is 33.8 Å². The quantitative estimate of drug-likeness (QED) is 0.250. The van der Waals surface area contributed by atoms with Crippen molar-refractivity contribution in [2.75, 3.05) is 20.2 Å². The maximum Gasteiger partial charge on any atom is 0.305 e. The first-order chi connectivity index (χ1) is 14.8. The molecule has 0 spiro atoms. The standard InChI is InChI=1S/C23H31N3O4S.2ClH/c1-23(2,30-3)14-24-13-16-6-4-5-15(11-16)9-10-25-19(28)12-17-7-8-18(27)20-21(17)31-22(29)26-20;;/h4-8,11,19,24-25,27-28H,9-10,12-14H2,1-3H3,(H,26,29);2*1H. The van der Waals surface area contributed by atoms with Crippen LogP contribution in [-0.2, 0) is 24.1 Å². The van der Waals surface area contributed by atoms with Crippen LogP contribution in [0.1, 0.15) is 30.5 Å². The van der Waals surface area contributed by atoms with E-state index in [1.807, 2.05) is 19.9 Å². The summed E-state index contributed by atoms with van der Waals surface area (Å²) in [7, 11) is 1.72. The predicted molar refractivity (Wildman–Crippen MR) is 139 cm³/mol. The molecular formula is C23H33Cl2N3O4S. The topological polar surface area (TPSA) is 107 Å². The van der Waals surface area contributed by atoms with E-state index in [9.17, 15) is 15.0 Å². The number of rotatable bonds is 11. The minimum atomic E-state index is -0.744. The minimum absolute atomic E-state index is 0. The summed E-state index contributed by atoms with van der Waals surface area (Å²) in [4.78, 5) is 14.0. The van der Waals surface area contributed by atoms with E-state index in [0.29, 0.717) is 23.2 Å². The van der Waals surface area contributed by atoms with Crippen LogP contribution in [0.25, 0.3) is 10.2 Å². The molecule has 0 radical (unpaired) electrons. The number of methoxy groups -OCH3 is 1. The Morgan fingerprint density at radius 2 is 1.91 bits per heavy atom. The maximum atomic E-state index is 11.6. The number of aromatic hydroxyl groups is 1. The molecular weight excluding hydrogens is 485 g/mol. The molecule has 0 aliphatic rings. The number of phenols is 1. The van der Waals surface area contributed by atoms with E-state index in [1.165, 1.54) is 11.1 Å². The lowest BCUT2D eigenvalue weighted by Crippen LogP contribution is -2.36. The maximum absolute atomic E-state index is 11.6. The number of hydrogen-bond acceptors (Lipinski definition) is 7. The number of nitrogens with one attached hydrogen (secondary N) is 3. The molecule has 0 aliphatic heterocycles. The second kappa shape index (κ2) is 13.3. The zero-order valence-electron chi connectivity index (χ0n) is 19.0. The summed E-state index contributed by atoms with van der Waals surface area (Å²) >= 11 is 1.04. The SMILES string of the molecule is COC(C)(C)CNCc1cccc(CCNC(O)Cc2ccc(O)c3[nH]c(=O)sc23)c1.Cl.Cl. The van der Waals surface area contributed by atoms with Crippen molar-refractivity contribution in [1.82, 2.24) is 15.6 Å². The second-order valence-electron chi connectivity index (χ2n) is 8.27. The van der Waals surface area contributed by atoms with Crippen LogP contribution >= 0.6 is 36.2 Å². The molecule has 10 heteroatoms. The summed E-state index contributed by atoms with van der Waals surface area (Å²) < 4.78 is 6.11. The molecule has 2 aromatic carbocycles. The molecule has 7 nitrogen and oxygen atoms in total. The van der Waals surface area contributed by atoms with Gasteiger partial charge in [-0.1, -0.05) is 41.7 Å². The fraction of sp³-hybridized carbons (Fsp3) is 0.435. The van der Waals surface area contributed by atoms with Crippen LogP contribution in [0.3, 0.4) is 0 Å². The van der Waals surface area contributed by atoms with Gasteiger partial charge in [0.05, 0.1) is 10.3 Å². The van der Waals surface area contributed by atoms with Crippen molar-refractivity contribution in [2.45, 2.75) is 45.1 Å². The Bertz CT molecular complexity index is 1070. The molecule has 1 heterocycles. The fourth-order valence-electron chi connectivity index (χ4n) is 3.37. The van der Waals surface area contributed by atoms with Crippen LogP contribution in [0.15, 0.2) is 41.2 Å². The zero-order valence-corrected chi connectivity index (χ0v) is 21.5. The van der Waals surface area contributed by atoms with E-state index in [1.54, 1.807) is 19.2 Å². The lowest BCUT2D eigenvalue weighted by molar-refractivity contribution is 0.0230. The monoisotopic (exact) mass is 517 g/mol. The molecule has 33 heavy (non-hydrogen) atoms. The molecule has 0 bridgehead atoms. The van der Waals surface area contributed by atoms with E-state index in [4.69, 9.17) is 4.74 Å². The molecule has 0 saturated heterocycles. The van der Waals surface area contributed by atoms with Crippen molar-refractivity contribution in [3.05, 3.63) is 62.8 Å². The number of H-pyrrole nitrogens is 1. The van der Waals surface area contributed by atoms with Crippen LogP contribution < -0.4 is 15.5 Å². The predicted octanol–water partition coefficient (Wildman–Crippen LogP) is 3.35. The van der Waals surface area contributed by atoms with Crippen LogP contribution in [0.2, 0.25) is 0 Å². The second-order valence-corrected chi connectivity index (χ2v) is 9.26. The van der Waals surface area contributed by atoms with E-state index in [0.717, 1.165) is 36.4 Å². The Morgan fingerprint density at radius 3 is 2.64 bits per heavy atom. The molecule has 1 atom stereocenters. The van der Waals surface area contributed by atoms with Crippen molar-refractivity contribution in [1.29, 1.82) is 0 Å². The van der Waals surface area contributed by atoms with Crippen molar-refractivity contribution in [2.24, 2.45) is 0 Å². The molecule has 5 N–H and O–H groups in total. The number of aliphatic hydroxyl groups excluding tert-OH is 1. The number of aromatic amines is 1. The van der Waals surface area contributed by atoms with Crippen LogP contribution in [0.4, 0.5) is 0 Å². The van der Waals surface area contributed by atoms with Gasteiger partial charge in [0.25, 0.3) is 0 Å². The third kappa shape index (κ3) is 8.57. The van der Waals surface area contributed by atoms with E-state index >= 15 is 0 Å². The molecule has 3 aromatic rings. The van der Waals surface area contributed by atoms with Crippen LogP contribution in [0.5, 0.6) is 5.75 Å². The number of phenolic OH excluding ortho intramolecular Hbond substituents is 1. The molecule has 0 saturated carbocycles. The minimum Gasteiger partial charge on any atom is -0.506 e. The van der Waals surface area contributed by atoms with Gasteiger partial charge in [-0.3, -0.25) is 10.1 Å². The first-order valence-electron chi connectivity index (χ1n) is 10.4. The lowest BCUT2D eigenvalue weighted by atomic mass is 10.1. The largest absolute Gasteiger partial charge is 0.506 e. The average molecular weight is 519 g/mol. The Morgan fingerprint density at radius 1 is 1.18 bits per heavy atom. The number of ether oxygens (including phenoxy) is 1. The zero-order chi connectivity index (χ0) is 22.4. The summed E-state index contributed by atoms with van der Waals surface area (Å²) in [5.74, 6) is 0.0414. The molecule has 3 rings (SSSR count). The first kappa shape index (κ1) is 29.4. The van der Waals surface area contributed by atoms with Crippen LogP contribution in [0, 0.1) is 0 Å². The molecule has 0 fully saturated rings. The van der Waals surface area contributed by atoms with Gasteiger partial charge in [-0.15, -0.1) is 24.8 Å². The van der Waals surface area contributed by atoms with E-state index < -0.39 is 6.23 Å². The van der Waals surface area contributed by atoms with Gasteiger partial charge in [-0.05, 0) is 43.0 Å². The number of aliphatic hydroxyl groups is 1. The number of hydrogen-bond donors (Lipinski definition) is 5. The van der Waals surface area contributed by atoms with Gasteiger partial charge in [-0.2, -0.15) is 0 Å². The highest BCUT2D eigenvalue weighted by molar-refractivity contribution is 7.16. The molecule has 0 aliphatic carbocycles. The van der Waals surface area contributed by atoms with Crippen molar-refractivity contribution in [3.8, 4) is 5.75 Å². The number of halogens is 2. The lowest BCUT2D eigenvalue weighted by Gasteiger charge is -2.23. The summed E-state index contributed by atoms with van der Waals surface area (Å²) in [5, 5.41) is 26.8. The van der Waals surface area contributed by atoms with Gasteiger partial charge in [-0.25, -0.2) is 0 Å². The fourth-order valence-corrected chi connectivity index (χ4v) is 4.25. The Kier molecular flexibility index (Phi) is 11.8. The highest BCUT2D eigenvalue weighted by Crippen LogP contribution is 2.28. The first-order valence-corrected chi connectivity index (χ1v) is 11.2. The average Bonchev–Trinajstić information content (AvgIpc) is 3.13. The number of fused-ring (bicyclic) bond motifs is 1. The third-order valence-electron chi connectivity index (χ3n) is 5.27. The van der Waals surface area contributed by atoms with Gasteiger partial charge in [0, 0.05) is 33.2 Å². The van der Waals surface area contributed by atoms with Crippen LogP contribution in [-0.4, -0.2) is 47.2 Å². The molecule has 1 aromatic heterocycles. The van der Waals surface area contributed by atoms with Crippen molar-refractivity contribution >= 4 is 46.4 Å². The Labute approximate surface area is 210 Å². The molecule has 0 amide bonds. The van der Waals surface area contributed by atoms with Gasteiger partial charge in [0.2, 0.25) is 0 Å². The van der Waals surface area contributed by atoms with Gasteiger partial charge in [0.1, 0.15) is 17.5 Å². The van der Waals surface area contributed by atoms with E-state index in [-0.39, 0.29) is 41.0 Å². The van der Waals surface area contributed by atoms with Gasteiger partial charge < -0.3 is 25.3 Å². The third-order valence-corrected chi connectivity index (χ3v) is 6.23. The summed E-state index contributed by atoms with van der Waals surface area (Å²) in [6, 6.07) is 11.7. The summed E-state index contributed by atoms with van der Waals surface area (Å²) in [6.07, 6.45) is 0.395. The number of thiazole rings is 1. The highest BCUT2D eigenvalue weighted by atomic mass is 35.5. The molecule has 1 unspecified atom stereocenters.